The van der Waals surface area contributed by atoms with Gasteiger partial charge in [0.1, 0.15) is 5.75 Å². The van der Waals surface area contributed by atoms with Crippen LogP contribution >= 0.6 is 11.3 Å². The van der Waals surface area contributed by atoms with Crippen LogP contribution in [0.4, 0.5) is 5.13 Å². The molecular weight excluding hydrogens is 394 g/mol. The summed E-state index contributed by atoms with van der Waals surface area (Å²) in [5.41, 5.74) is 1.92. The van der Waals surface area contributed by atoms with E-state index < -0.39 is 0 Å². The van der Waals surface area contributed by atoms with Crippen LogP contribution in [0.3, 0.4) is 0 Å². The number of carbonyl (C=O) groups excluding carboxylic acids is 2. The van der Waals surface area contributed by atoms with Crippen LogP contribution < -0.4 is 15.4 Å². The molecule has 29 heavy (non-hydrogen) atoms. The third-order valence-electron chi connectivity index (χ3n) is 4.40. The van der Waals surface area contributed by atoms with E-state index in [-0.39, 0.29) is 24.2 Å². The highest BCUT2D eigenvalue weighted by Gasteiger charge is 2.25. The van der Waals surface area contributed by atoms with Gasteiger partial charge in [-0.15, -0.1) is 11.3 Å². The predicted octanol–water partition coefficient (Wildman–Crippen LogP) is 2.94. The van der Waals surface area contributed by atoms with Gasteiger partial charge in [-0.3, -0.25) is 14.4 Å². The molecule has 1 aromatic carbocycles. The molecule has 2 amide bonds. The number of nitrogens with zero attached hydrogens (tertiary/aromatic N) is 1. The third-order valence-corrected chi connectivity index (χ3v) is 5.43. The number of carboxylic acid groups (broad SMARTS) is 1. The molecule has 3 rings (SSSR count). The molecule has 0 bridgehead atoms. The van der Waals surface area contributed by atoms with Gasteiger partial charge in [-0.2, -0.15) is 0 Å². The predicted molar refractivity (Wildman–Crippen MR) is 111 cm³/mol. The first-order valence-electron chi connectivity index (χ1n) is 9.31. The van der Waals surface area contributed by atoms with E-state index in [2.05, 4.69) is 22.5 Å². The Morgan fingerprint density at radius 3 is 2.66 bits per heavy atom. The van der Waals surface area contributed by atoms with E-state index in [1.807, 2.05) is 24.3 Å². The monoisotopic (exact) mass is 419 g/mol. The highest BCUT2D eigenvalue weighted by molar-refractivity contribution is 7.16. The Balaban J connectivity index is 0.000000941. The highest BCUT2D eigenvalue weighted by Crippen LogP contribution is 2.33. The molecular formula is C20H25N3O5S. The summed E-state index contributed by atoms with van der Waals surface area (Å²) >= 11 is 1.52. The summed E-state index contributed by atoms with van der Waals surface area (Å²) in [6.07, 6.45) is 2.89. The number of thiazole rings is 1. The molecule has 1 aliphatic heterocycles. The number of anilines is 1. The number of nitrogens with one attached hydrogen (secondary N) is 2. The van der Waals surface area contributed by atoms with Gasteiger partial charge >= 0.3 is 0 Å². The molecule has 0 spiro atoms. The maximum Gasteiger partial charge on any atom is 0.290 e. The van der Waals surface area contributed by atoms with Crippen molar-refractivity contribution in [2.75, 3.05) is 19.0 Å². The minimum absolute atomic E-state index is 0.00956. The van der Waals surface area contributed by atoms with Crippen LogP contribution in [-0.4, -0.2) is 42.0 Å². The highest BCUT2D eigenvalue weighted by atomic mass is 32.1. The van der Waals surface area contributed by atoms with Crippen LogP contribution in [0.5, 0.6) is 5.75 Å². The number of amides is 2. The number of ether oxygens (including phenoxy) is 1. The number of carbonyl (C=O) groups is 3. The summed E-state index contributed by atoms with van der Waals surface area (Å²) in [6.45, 7) is 2.27. The molecule has 156 valence electrons. The standard InChI is InChI=1S/C19H23N3O3S.CH2O2/c1-3-4-15-17(12-5-8-14(25-2)9-6-12)21-19(26-15)22-18(24)13-7-10-16(23)20-11-13;2-1-3/h5-6,8-9,13H,3-4,7,10-11H2,1-2H3,(H,20,23)(H,21,22,24);1H,(H,2,3). The Hall–Kier alpha value is -2.94. The molecule has 0 saturated carbocycles. The first kappa shape index (κ1) is 22.4. The minimum Gasteiger partial charge on any atom is -0.497 e. The van der Waals surface area contributed by atoms with Crippen molar-refractivity contribution < 1.29 is 24.2 Å². The molecule has 2 aromatic rings. The van der Waals surface area contributed by atoms with Crippen LogP contribution in [0.2, 0.25) is 0 Å². The fraction of sp³-hybridized carbons (Fsp3) is 0.400. The van der Waals surface area contributed by atoms with E-state index in [1.165, 1.54) is 11.3 Å². The zero-order valence-electron chi connectivity index (χ0n) is 16.4. The average molecular weight is 420 g/mol. The fourth-order valence-corrected chi connectivity index (χ4v) is 4.03. The van der Waals surface area contributed by atoms with Crippen molar-refractivity contribution in [2.45, 2.75) is 32.6 Å². The number of aromatic nitrogens is 1. The van der Waals surface area contributed by atoms with Crippen LogP contribution in [0.1, 0.15) is 31.1 Å². The third kappa shape index (κ3) is 6.28. The molecule has 2 heterocycles. The lowest BCUT2D eigenvalue weighted by atomic mass is 9.98. The van der Waals surface area contributed by atoms with Crippen molar-refractivity contribution >= 4 is 34.8 Å². The fourth-order valence-electron chi connectivity index (χ4n) is 2.94. The second-order valence-corrected chi connectivity index (χ2v) is 7.49. The largest absolute Gasteiger partial charge is 0.497 e. The van der Waals surface area contributed by atoms with Gasteiger partial charge in [0.15, 0.2) is 5.13 Å². The van der Waals surface area contributed by atoms with Gasteiger partial charge in [-0.05, 0) is 37.1 Å². The van der Waals surface area contributed by atoms with Crippen LogP contribution in [0.25, 0.3) is 11.3 Å². The van der Waals surface area contributed by atoms with Gasteiger partial charge in [0.05, 0.1) is 18.7 Å². The van der Waals surface area contributed by atoms with E-state index in [1.54, 1.807) is 7.11 Å². The Morgan fingerprint density at radius 2 is 2.10 bits per heavy atom. The van der Waals surface area contributed by atoms with Gasteiger partial charge < -0.3 is 20.5 Å². The second-order valence-electron chi connectivity index (χ2n) is 6.40. The Labute approximate surface area is 173 Å². The number of aryl methyl sites for hydroxylation is 1. The summed E-state index contributed by atoms with van der Waals surface area (Å²) in [4.78, 5) is 37.9. The molecule has 9 heteroatoms. The number of benzene rings is 1. The molecule has 1 aromatic heterocycles. The van der Waals surface area contributed by atoms with E-state index in [0.717, 1.165) is 34.7 Å². The van der Waals surface area contributed by atoms with E-state index in [4.69, 9.17) is 14.6 Å². The van der Waals surface area contributed by atoms with Crippen molar-refractivity contribution in [1.29, 1.82) is 0 Å². The Kier molecular flexibility index (Phi) is 8.60. The molecule has 1 fully saturated rings. The number of methoxy groups -OCH3 is 1. The quantitative estimate of drug-likeness (QED) is 0.620. The maximum absolute atomic E-state index is 12.5. The van der Waals surface area contributed by atoms with Crippen LogP contribution in [-0.2, 0) is 20.8 Å². The normalized spacial score (nSPS) is 15.5. The molecule has 0 radical (unpaired) electrons. The smallest absolute Gasteiger partial charge is 0.290 e. The van der Waals surface area contributed by atoms with Crippen molar-refractivity contribution in [2.24, 2.45) is 5.92 Å². The number of piperidine rings is 1. The SMILES string of the molecule is CCCc1sc(NC(=O)C2CCC(=O)NC2)nc1-c1ccc(OC)cc1.O=CO. The van der Waals surface area contributed by atoms with E-state index in [0.29, 0.717) is 24.5 Å². The summed E-state index contributed by atoms with van der Waals surface area (Å²) in [6, 6.07) is 7.78. The molecule has 8 nitrogen and oxygen atoms in total. The lowest BCUT2D eigenvalue weighted by Crippen LogP contribution is -2.40. The molecule has 1 unspecified atom stereocenters. The number of hydrogen-bond acceptors (Lipinski definition) is 6. The lowest BCUT2D eigenvalue weighted by Gasteiger charge is -2.20. The maximum atomic E-state index is 12.5. The first-order valence-corrected chi connectivity index (χ1v) is 10.1. The molecule has 0 aliphatic carbocycles. The number of hydrogen-bond donors (Lipinski definition) is 3. The van der Waals surface area contributed by atoms with Crippen molar-refractivity contribution in [3.05, 3.63) is 29.1 Å². The van der Waals surface area contributed by atoms with Crippen molar-refractivity contribution in [3.8, 4) is 17.0 Å². The van der Waals surface area contributed by atoms with E-state index >= 15 is 0 Å². The molecule has 1 atom stereocenters. The van der Waals surface area contributed by atoms with Gasteiger partial charge in [-0.25, -0.2) is 4.98 Å². The van der Waals surface area contributed by atoms with Gasteiger partial charge in [0, 0.05) is 23.4 Å². The van der Waals surface area contributed by atoms with E-state index in [9.17, 15) is 9.59 Å². The summed E-state index contributed by atoms with van der Waals surface area (Å²) in [7, 11) is 1.64. The first-order chi connectivity index (χ1) is 14.0. The topological polar surface area (TPSA) is 118 Å². The summed E-state index contributed by atoms with van der Waals surface area (Å²) in [5.74, 6) is 0.531. The zero-order chi connectivity index (χ0) is 21.2. The van der Waals surface area contributed by atoms with Crippen LogP contribution in [0, 0.1) is 5.92 Å². The Morgan fingerprint density at radius 1 is 1.41 bits per heavy atom. The van der Waals surface area contributed by atoms with Gasteiger partial charge in [0.25, 0.3) is 6.47 Å². The second kappa shape index (κ2) is 11.2. The minimum atomic E-state index is -0.250. The molecule has 1 saturated heterocycles. The zero-order valence-corrected chi connectivity index (χ0v) is 17.3. The van der Waals surface area contributed by atoms with Gasteiger partial charge in [0.2, 0.25) is 11.8 Å². The molecule has 3 N–H and O–H groups in total. The van der Waals surface area contributed by atoms with Gasteiger partial charge in [-0.1, -0.05) is 13.3 Å². The average Bonchev–Trinajstić information content (AvgIpc) is 3.11. The Bertz CT molecular complexity index is 825. The molecule has 1 aliphatic rings. The van der Waals surface area contributed by atoms with Crippen molar-refractivity contribution in [3.63, 3.8) is 0 Å². The lowest BCUT2D eigenvalue weighted by molar-refractivity contribution is -0.126. The number of rotatable bonds is 6. The summed E-state index contributed by atoms with van der Waals surface area (Å²) in [5, 5.41) is 13.2. The summed E-state index contributed by atoms with van der Waals surface area (Å²) < 4.78 is 5.21. The van der Waals surface area contributed by atoms with Crippen LogP contribution in [0.15, 0.2) is 24.3 Å². The van der Waals surface area contributed by atoms with Crippen molar-refractivity contribution in [1.82, 2.24) is 10.3 Å².